The van der Waals surface area contributed by atoms with Crippen molar-refractivity contribution in [1.29, 1.82) is 0 Å². The smallest absolute Gasteiger partial charge is 0.249 e. The summed E-state index contributed by atoms with van der Waals surface area (Å²) < 4.78 is 10.8. The van der Waals surface area contributed by atoms with Crippen LogP contribution < -0.4 is 15.2 Å². The zero-order valence-corrected chi connectivity index (χ0v) is 18.0. The van der Waals surface area contributed by atoms with Crippen molar-refractivity contribution in [2.45, 2.75) is 6.92 Å². The first-order valence-corrected chi connectivity index (χ1v) is 9.89. The molecule has 0 saturated carbocycles. The van der Waals surface area contributed by atoms with E-state index >= 15 is 0 Å². The van der Waals surface area contributed by atoms with Gasteiger partial charge in [-0.25, -0.2) is 4.98 Å². The van der Waals surface area contributed by atoms with Crippen molar-refractivity contribution in [2.75, 3.05) is 14.2 Å². The standard InChI is InChI=1S/C24H20ClN3O3/c1-13-6-4-9-17-22(13)28-18(12-27-17)14-7-5-8-15(10-14)20-16(24(26)29)11-19(30-2)21(25)23(20)31-3/h4-12H,1-3H3,(H2,26,29). The number of nitrogens with two attached hydrogens (primary N) is 1. The Kier molecular flexibility index (Phi) is 5.48. The molecule has 0 aliphatic rings. The molecule has 156 valence electrons. The molecule has 1 heterocycles. The number of amides is 1. The maximum atomic E-state index is 12.2. The number of carbonyl (C=O) groups is 1. The molecule has 7 heteroatoms. The number of para-hydroxylation sites is 1. The largest absolute Gasteiger partial charge is 0.495 e. The Morgan fingerprint density at radius 1 is 1.03 bits per heavy atom. The fourth-order valence-electron chi connectivity index (χ4n) is 3.58. The van der Waals surface area contributed by atoms with Gasteiger partial charge in [0.05, 0.1) is 42.7 Å². The van der Waals surface area contributed by atoms with Gasteiger partial charge in [-0.2, -0.15) is 0 Å². The van der Waals surface area contributed by atoms with E-state index < -0.39 is 5.91 Å². The molecule has 1 amide bonds. The second kappa shape index (κ2) is 8.24. The second-order valence-electron chi connectivity index (χ2n) is 6.99. The first kappa shape index (κ1) is 20.6. The summed E-state index contributed by atoms with van der Waals surface area (Å²) in [6.07, 6.45) is 1.73. The monoisotopic (exact) mass is 433 g/mol. The molecule has 0 fully saturated rings. The van der Waals surface area contributed by atoms with Crippen LogP contribution in [0.1, 0.15) is 15.9 Å². The highest BCUT2D eigenvalue weighted by atomic mass is 35.5. The lowest BCUT2D eigenvalue weighted by molar-refractivity contribution is 0.1000. The highest BCUT2D eigenvalue weighted by Crippen LogP contribution is 2.45. The molecule has 0 aliphatic carbocycles. The Bertz CT molecular complexity index is 1320. The van der Waals surface area contributed by atoms with Gasteiger partial charge >= 0.3 is 0 Å². The Hall–Kier alpha value is -3.64. The van der Waals surface area contributed by atoms with E-state index in [2.05, 4.69) is 4.98 Å². The van der Waals surface area contributed by atoms with Crippen LogP contribution >= 0.6 is 11.6 Å². The number of aromatic nitrogens is 2. The third-order valence-corrected chi connectivity index (χ3v) is 5.46. The number of aryl methyl sites for hydroxylation is 1. The molecule has 0 unspecified atom stereocenters. The molecule has 31 heavy (non-hydrogen) atoms. The van der Waals surface area contributed by atoms with Crippen LogP contribution in [0, 0.1) is 6.92 Å². The maximum Gasteiger partial charge on any atom is 0.249 e. The highest BCUT2D eigenvalue weighted by molar-refractivity contribution is 6.34. The first-order chi connectivity index (χ1) is 14.9. The van der Waals surface area contributed by atoms with E-state index in [4.69, 9.17) is 31.8 Å². The lowest BCUT2D eigenvalue weighted by Crippen LogP contribution is -2.13. The lowest BCUT2D eigenvalue weighted by Gasteiger charge is -2.17. The Balaban J connectivity index is 1.93. The maximum absolute atomic E-state index is 12.2. The van der Waals surface area contributed by atoms with Gasteiger partial charge in [-0.05, 0) is 36.2 Å². The van der Waals surface area contributed by atoms with Crippen molar-refractivity contribution < 1.29 is 14.3 Å². The SMILES string of the molecule is COc1cc(C(N)=O)c(-c2cccc(-c3cnc4cccc(C)c4n3)c2)c(OC)c1Cl. The van der Waals surface area contributed by atoms with Crippen LogP contribution in [-0.4, -0.2) is 30.1 Å². The number of hydrogen-bond donors (Lipinski definition) is 1. The summed E-state index contributed by atoms with van der Waals surface area (Å²) in [5, 5.41) is 0.261. The topological polar surface area (TPSA) is 87.3 Å². The van der Waals surface area contributed by atoms with Gasteiger partial charge in [0.25, 0.3) is 0 Å². The van der Waals surface area contributed by atoms with Crippen LogP contribution in [0.5, 0.6) is 11.5 Å². The number of ether oxygens (including phenoxy) is 2. The van der Waals surface area contributed by atoms with Crippen molar-refractivity contribution in [2.24, 2.45) is 5.73 Å². The van der Waals surface area contributed by atoms with Gasteiger partial charge < -0.3 is 15.2 Å². The van der Waals surface area contributed by atoms with Gasteiger partial charge in [-0.1, -0.05) is 41.9 Å². The molecule has 6 nitrogen and oxygen atoms in total. The van der Waals surface area contributed by atoms with E-state index in [1.807, 2.05) is 49.4 Å². The van der Waals surface area contributed by atoms with E-state index in [0.29, 0.717) is 28.3 Å². The zero-order chi connectivity index (χ0) is 22.1. The Labute approximate surface area is 184 Å². The lowest BCUT2D eigenvalue weighted by atomic mass is 9.95. The molecule has 2 N–H and O–H groups in total. The number of nitrogens with zero attached hydrogens (tertiary/aromatic N) is 2. The minimum atomic E-state index is -0.616. The molecule has 0 spiro atoms. The Morgan fingerprint density at radius 2 is 1.77 bits per heavy atom. The average Bonchev–Trinajstić information content (AvgIpc) is 2.78. The highest BCUT2D eigenvalue weighted by Gasteiger charge is 2.23. The number of primary amides is 1. The van der Waals surface area contributed by atoms with E-state index in [1.165, 1.54) is 20.3 Å². The van der Waals surface area contributed by atoms with Crippen LogP contribution in [-0.2, 0) is 0 Å². The third kappa shape index (κ3) is 3.66. The van der Waals surface area contributed by atoms with Crippen LogP contribution in [0.3, 0.4) is 0 Å². The van der Waals surface area contributed by atoms with Gasteiger partial charge in [0.2, 0.25) is 5.91 Å². The number of halogens is 1. The number of benzene rings is 3. The Morgan fingerprint density at radius 3 is 2.48 bits per heavy atom. The van der Waals surface area contributed by atoms with E-state index in [-0.39, 0.29) is 10.6 Å². The van der Waals surface area contributed by atoms with Crippen molar-refractivity contribution in [1.82, 2.24) is 9.97 Å². The summed E-state index contributed by atoms with van der Waals surface area (Å²) >= 11 is 6.46. The van der Waals surface area contributed by atoms with Crippen LogP contribution in [0.4, 0.5) is 0 Å². The van der Waals surface area contributed by atoms with Crippen LogP contribution in [0.2, 0.25) is 5.02 Å². The molecule has 1 aromatic heterocycles. The van der Waals surface area contributed by atoms with Crippen molar-refractivity contribution in [3.63, 3.8) is 0 Å². The number of fused-ring (bicyclic) bond motifs is 1. The second-order valence-corrected chi connectivity index (χ2v) is 7.37. The van der Waals surface area contributed by atoms with Gasteiger partial charge in [0, 0.05) is 11.1 Å². The first-order valence-electron chi connectivity index (χ1n) is 9.52. The predicted octanol–water partition coefficient (Wildman–Crippen LogP) is 5.04. The summed E-state index contributed by atoms with van der Waals surface area (Å²) in [4.78, 5) is 21.6. The van der Waals surface area contributed by atoms with E-state index in [9.17, 15) is 4.79 Å². The fraction of sp³-hybridized carbons (Fsp3) is 0.125. The summed E-state index contributed by atoms with van der Waals surface area (Å²) in [6, 6.07) is 15.0. The van der Waals surface area contributed by atoms with Crippen LogP contribution in [0.25, 0.3) is 33.4 Å². The van der Waals surface area contributed by atoms with Gasteiger partial charge in [0.15, 0.2) is 0 Å². The number of rotatable bonds is 5. The van der Waals surface area contributed by atoms with Crippen molar-refractivity contribution >= 4 is 28.5 Å². The molecule has 4 rings (SSSR count). The van der Waals surface area contributed by atoms with Crippen molar-refractivity contribution in [3.05, 3.63) is 70.9 Å². The average molecular weight is 434 g/mol. The number of hydrogen-bond acceptors (Lipinski definition) is 5. The fourth-order valence-corrected chi connectivity index (χ4v) is 3.88. The zero-order valence-electron chi connectivity index (χ0n) is 17.3. The van der Waals surface area contributed by atoms with Gasteiger partial charge in [-0.15, -0.1) is 0 Å². The molecule has 0 radical (unpaired) electrons. The molecule has 0 atom stereocenters. The third-order valence-electron chi connectivity index (χ3n) is 5.10. The van der Waals surface area contributed by atoms with E-state index in [0.717, 1.165) is 22.2 Å². The molecule has 3 aromatic carbocycles. The molecular weight excluding hydrogens is 414 g/mol. The predicted molar refractivity (Wildman–Crippen MR) is 122 cm³/mol. The van der Waals surface area contributed by atoms with E-state index in [1.54, 1.807) is 6.20 Å². The summed E-state index contributed by atoms with van der Waals surface area (Å²) in [6.45, 7) is 2.00. The normalized spacial score (nSPS) is 10.8. The minimum absolute atomic E-state index is 0.246. The number of carbonyl (C=O) groups excluding carboxylic acids is 1. The molecule has 0 aliphatic heterocycles. The van der Waals surface area contributed by atoms with Crippen molar-refractivity contribution in [3.8, 4) is 33.9 Å². The summed E-state index contributed by atoms with van der Waals surface area (Å²) in [5.74, 6) is 0.00490. The van der Waals surface area contributed by atoms with Crippen LogP contribution in [0.15, 0.2) is 54.7 Å². The summed E-state index contributed by atoms with van der Waals surface area (Å²) in [5.41, 5.74) is 11.4. The minimum Gasteiger partial charge on any atom is -0.495 e. The number of methoxy groups -OCH3 is 2. The summed E-state index contributed by atoms with van der Waals surface area (Å²) in [7, 11) is 2.95. The molecule has 4 aromatic rings. The molecule has 0 saturated heterocycles. The molecule has 0 bridgehead atoms. The van der Waals surface area contributed by atoms with Gasteiger partial charge in [-0.3, -0.25) is 9.78 Å². The quantitative estimate of drug-likeness (QED) is 0.476. The van der Waals surface area contributed by atoms with Gasteiger partial charge in [0.1, 0.15) is 16.5 Å². The molecular formula is C24H20ClN3O3.